The summed E-state index contributed by atoms with van der Waals surface area (Å²) < 4.78 is 0. The van der Waals surface area contributed by atoms with Crippen molar-refractivity contribution in [2.75, 3.05) is 36.5 Å². The highest BCUT2D eigenvalue weighted by molar-refractivity contribution is 7.99. The Morgan fingerprint density at radius 1 is 1.08 bits per heavy atom. The summed E-state index contributed by atoms with van der Waals surface area (Å²) in [6.07, 6.45) is 4.02. The van der Waals surface area contributed by atoms with Gasteiger partial charge in [0, 0.05) is 61.8 Å². The average molecular weight is 374 g/mol. The number of nitrogens with zero attached hydrogens (tertiary/aromatic N) is 2. The van der Waals surface area contributed by atoms with Gasteiger partial charge >= 0.3 is 6.03 Å². The molecular weight excluding hydrogens is 346 g/mol. The smallest absolute Gasteiger partial charge is 0.318 e. The van der Waals surface area contributed by atoms with Crippen LogP contribution >= 0.6 is 11.8 Å². The van der Waals surface area contributed by atoms with E-state index >= 15 is 0 Å². The Hall–Kier alpha value is -1.53. The maximum Gasteiger partial charge on any atom is 0.322 e. The van der Waals surface area contributed by atoms with E-state index in [2.05, 4.69) is 22.3 Å². The maximum absolute atomic E-state index is 12.6. The highest BCUT2D eigenvalue weighted by atomic mass is 32.2. The van der Waals surface area contributed by atoms with Crippen LogP contribution in [0.3, 0.4) is 0 Å². The quantitative estimate of drug-likeness (QED) is 0.882. The van der Waals surface area contributed by atoms with Crippen LogP contribution in [0.15, 0.2) is 24.3 Å². The van der Waals surface area contributed by atoms with Crippen LogP contribution in [0.1, 0.15) is 31.2 Å². The van der Waals surface area contributed by atoms with Crippen LogP contribution in [0.4, 0.5) is 10.5 Å². The third-order valence-electron chi connectivity index (χ3n) is 5.81. The number of amides is 2. The van der Waals surface area contributed by atoms with Gasteiger partial charge in [-0.3, -0.25) is 4.79 Å². The van der Waals surface area contributed by atoms with Crippen molar-refractivity contribution in [2.24, 2.45) is 0 Å². The molecular formula is C20H27N3O2S. The molecule has 6 heteroatoms. The van der Waals surface area contributed by atoms with Gasteiger partial charge in [0.1, 0.15) is 5.78 Å². The largest absolute Gasteiger partial charge is 0.322 e. The number of hydrogen-bond acceptors (Lipinski definition) is 4. The molecule has 0 unspecified atom stereocenters. The van der Waals surface area contributed by atoms with Gasteiger partial charge in [-0.25, -0.2) is 4.79 Å². The number of hydrogen-bond donors (Lipinski definition) is 1. The first-order valence-corrected chi connectivity index (χ1v) is 10.8. The van der Waals surface area contributed by atoms with Crippen molar-refractivity contribution < 1.29 is 9.59 Å². The lowest BCUT2D eigenvalue weighted by molar-refractivity contribution is -0.122. The summed E-state index contributed by atoms with van der Waals surface area (Å²) in [7, 11) is 0. The first-order valence-electron chi connectivity index (χ1n) is 9.69. The first kappa shape index (κ1) is 17.9. The van der Waals surface area contributed by atoms with Crippen LogP contribution < -0.4 is 5.32 Å². The number of carbonyl (C=O) groups excluding carboxylic acids is 2. The van der Waals surface area contributed by atoms with Gasteiger partial charge in [0.05, 0.1) is 0 Å². The fraction of sp³-hybridized carbons (Fsp3) is 0.600. The molecule has 3 aliphatic rings. The minimum atomic E-state index is -0.0523. The first-order chi connectivity index (χ1) is 12.7. The molecule has 0 aliphatic carbocycles. The average Bonchev–Trinajstić information content (AvgIpc) is 2.94. The van der Waals surface area contributed by atoms with Gasteiger partial charge in [-0.15, -0.1) is 0 Å². The molecule has 5 nitrogen and oxygen atoms in total. The van der Waals surface area contributed by atoms with E-state index in [1.165, 1.54) is 30.2 Å². The van der Waals surface area contributed by atoms with Gasteiger partial charge in [0.25, 0.3) is 0 Å². The van der Waals surface area contributed by atoms with Crippen molar-refractivity contribution in [3.63, 3.8) is 0 Å². The zero-order valence-electron chi connectivity index (χ0n) is 15.2. The SMILES string of the molecule is O=C1C[C@H]2CC[C@@H](C1)N2C(=O)Nc1ccc(CCN2CCSCC2)cc1. The molecule has 3 heterocycles. The van der Waals surface area contributed by atoms with E-state index in [-0.39, 0.29) is 18.1 Å². The van der Waals surface area contributed by atoms with Crippen molar-refractivity contribution in [3.05, 3.63) is 29.8 Å². The predicted molar refractivity (Wildman–Crippen MR) is 106 cm³/mol. The van der Waals surface area contributed by atoms with E-state index in [0.717, 1.165) is 31.5 Å². The lowest BCUT2D eigenvalue weighted by atomic mass is 10.0. The lowest BCUT2D eigenvalue weighted by Gasteiger charge is -2.34. The number of urea groups is 1. The topological polar surface area (TPSA) is 52.7 Å². The van der Waals surface area contributed by atoms with E-state index < -0.39 is 0 Å². The zero-order chi connectivity index (χ0) is 17.9. The van der Waals surface area contributed by atoms with Crippen molar-refractivity contribution in [2.45, 2.75) is 44.2 Å². The molecule has 1 aromatic carbocycles. The molecule has 0 aromatic heterocycles. The van der Waals surface area contributed by atoms with E-state index in [0.29, 0.717) is 18.6 Å². The molecule has 2 bridgehead atoms. The Labute approximate surface area is 159 Å². The van der Waals surface area contributed by atoms with Crippen molar-refractivity contribution in [3.8, 4) is 0 Å². The number of rotatable bonds is 4. The number of benzene rings is 1. The van der Waals surface area contributed by atoms with Crippen LogP contribution in [-0.4, -0.2) is 64.8 Å². The third-order valence-corrected chi connectivity index (χ3v) is 6.75. The summed E-state index contributed by atoms with van der Waals surface area (Å²) in [5.41, 5.74) is 2.15. The van der Waals surface area contributed by atoms with Gasteiger partial charge in [0.15, 0.2) is 0 Å². The molecule has 1 N–H and O–H groups in total. The van der Waals surface area contributed by atoms with Crippen LogP contribution in [0.5, 0.6) is 0 Å². The molecule has 3 fully saturated rings. The number of anilines is 1. The minimum Gasteiger partial charge on any atom is -0.318 e. The Kier molecular flexibility index (Phi) is 5.50. The summed E-state index contributed by atoms with van der Waals surface area (Å²) >= 11 is 2.04. The van der Waals surface area contributed by atoms with Crippen LogP contribution in [0.25, 0.3) is 0 Å². The van der Waals surface area contributed by atoms with Crippen molar-refractivity contribution >= 4 is 29.3 Å². The third kappa shape index (κ3) is 4.07. The number of carbonyl (C=O) groups is 2. The van der Waals surface area contributed by atoms with Gasteiger partial charge in [-0.05, 0) is 37.0 Å². The number of Topliss-reactive ketones (excluding diaryl/α,β-unsaturated/α-hetero) is 1. The van der Waals surface area contributed by atoms with Gasteiger partial charge in [-0.2, -0.15) is 11.8 Å². The standard InChI is InChI=1S/C20H27N3O2S/c24-19-13-17-5-6-18(14-19)23(17)20(25)21-16-3-1-15(2-4-16)7-8-22-9-11-26-12-10-22/h1-4,17-18H,5-14H2,(H,21,25)/t17-,18+. The fourth-order valence-corrected chi connectivity index (χ4v) is 5.34. The van der Waals surface area contributed by atoms with E-state index in [4.69, 9.17) is 0 Å². The number of nitrogens with one attached hydrogen (secondary N) is 1. The van der Waals surface area contributed by atoms with Gasteiger partial charge in [-0.1, -0.05) is 12.1 Å². The zero-order valence-corrected chi connectivity index (χ0v) is 16.0. The lowest BCUT2D eigenvalue weighted by Crippen LogP contribution is -2.48. The molecule has 2 amide bonds. The number of ketones is 1. The Morgan fingerprint density at radius 2 is 1.73 bits per heavy atom. The monoisotopic (exact) mass is 373 g/mol. The van der Waals surface area contributed by atoms with Gasteiger partial charge < -0.3 is 15.1 Å². The van der Waals surface area contributed by atoms with Crippen molar-refractivity contribution in [1.82, 2.24) is 9.80 Å². The van der Waals surface area contributed by atoms with E-state index in [1.807, 2.05) is 28.8 Å². The maximum atomic E-state index is 12.6. The molecule has 3 aliphatic heterocycles. The molecule has 4 rings (SSSR count). The molecule has 0 radical (unpaired) electrons. The van der Waals surface area contributed by atoms with Crippen LogP contribution in [-0.2, 0) is 11.2 Å². The molecule has 140 valence electrons. The molecule has 0 saturated carbocycles. The van der Waals surface area contributed by atoms with Crippen LogP contribution in [0, 0.1) is 0 Å². The summed E-state index contributed by atoms with van der Waals surface area (Å²) in [5, 5.41) is 3.02. The van der Waals surface area contributed by atoms with Crippen molar-refractivity contribution in [1.29, 1.82) is 0 Å². The second-order valence-corrected chi connectivity index (χ2v) is 8.80. The Balaban J connectivity index is 1.30. The molecule has 1 aromatic rings. The summed E-state index contributed by atoms with van der Waals surface area (Å²) in [5.74, 6) is 2.79. The molecule has 2 atom stereocenters. The fourth-order valence-electron chi connectivity index (χ4n) is 4.36. The second kappa shape index (κ2) is 8.01. The van der Waals surface area contributed by atoms with Gasteiger partial charge in [0.2, 0.25) is 0 Å². The highest BCUT2D eigenvalue weighted by Gasteiger charge is 2.42. The molecule has 0 spiro atoms. The van der Waals surface area contributed by atoms with E-state index in [9.17, 15) is 9.59 Å². The number of piperidine rings is 1. The second-order valence-electron chi connectivity index (χ2n) is 7.57. The molecule has 3 saturated heterocycles. The normalized spacial score (nSPS) is 26.2. The predicted octanol–water partition coefficient (Wildman–Crippen LogP) is 3.01. The highest BCUT2D eigenvalue weighted by Crippen LogP contribution is 2.34. The molecule has 26 heavy (non-hydrogen) atoms. The Bertz CT molecular complexity index is 642. The number of thioether (sulfide) groups is 1. The van der Waals surface area contributed by atoms with Crippen LogP contribution in [0.2, 0.25) is 0 Å². The summed E-state index contributed by atoms with van der Waals surface area (Å²) in [6, 6.07) is 8.37. The summed E-state index contributed by atoms with van der Waals surface area (Å²) in [6.45, 7) is 3.50. The number of fused-ring (bicyclic) bond motifs is 2. The minimum absolute atomic E-state index is 0.0523. The summed E-state index contributed by atoms with van der Waals surface area (Å²) in [4.78, 5) is 28.8. The van der Waals surface area contributed by atoms with E-state index in [1.54, 1.807) is 0 Å². The Morgan fingerprint density at radius 3 is 2.38 bits per heavy atom.